The Hall–Kier alpha value is -4.41. The minimum atomic E-state index is -1.05. The van der Waals surface area contributed by atoms with Crippen molar-refractivity contribution in [3.05, 3.63) is 104 Å². The molecule has 15 heteroatoms. The van der Waals surface area contributed by atoms with Gasteiger partial charge in [0.05, 0.1) is 39.8 Å². The van der Waals surface area contributed by atoms with Gasteiger partial charge in [-0.25, -0.2) is 14.6 Å². The summed E-state index contributed by atoms with van der Waals surface area (Å²) in [6.45, 7) is 8.28. The van der Waals surface area contributed by atoms with Gasteiger partial charge in [-0.15, -0.1) is 22.7 Å². The highest BCUT2D eigenvalue weighted by atomic mass is 32.1. The molecular weight excluding hydrogens is 705 g/mol. The fourth-order valence-corrected chi connectivity index (χ4v) is 6.72. The zero-order chi connectivity index (χ0) is 38.0. The molecule has 0 saturated heterocycles. The van der Waals surface area contributed by atoms with Crippen molar-refractivity contribution in [2.24, 2.45) is 5.92 Å². The van der Waals surface area contributed by atoms with E-state index >= 15 is 0 Å². The fraction of sp³-hybridized carbons (Fsp3) is 0.432. The van der Waals surface area contributed by atoms with E-state index in [0.29, 0.717) is 25.3 Å². The Morgan fingerprint density at radius 1 is 0.885 bits per heavy atom. The van der Waals surface area contributed by atoms with Crippen LogP contribution in [-0.4, -0.2) is 79.8 Å². The standard InChI is InChI=1S/C37H48N6O5S2.H2O2/c1-24(2)33(42-36(46)43(5)20-29-22-49-35(40-29)25(3)4)34(45)39-28(16-26-12-8-6-9-13-26)18-32(44)31(17-27-14-10-7-11-15-27)41-37(47)48-21-30-19-38-23-50-30;1-2/h6-15,19,22-25,28,31-33,44H,16-18,20-21H2,1-5H3,(H,39,45)(H,41,47)(H,42,46);1-2H/t28-,31-,32-,33-;/m0./s1. The second-order valence-corrected chi connectivity index (χ2v) is 14.9. The van der Waals surface area contributed by atoms with Gasteiger partial charge in [0.2, 0.25) is 5.91 Å². The largest absolute Gasteiger partial charge is 0.444 e. The number of amides is 4. The molecule has 0 aliphatic heterocycles. The molecular formula is C37H50N6O7S2. The average Bonchev–Trinajstić information content (AvgIpc) is 3.84. The summed E-state index contributed by atoms with van der Waals surface area (Å²) in [7, 11) is 1.68. The summed E-state index contributed by atoms with van der Waals surface area (Å²) in [5.74, 6) is -0.277. The normalized spacial score (nSPS) is 13.3. The number of hydrogen-bond acceptors (Lipinski definition) is 11. The zero-order valence-electron chi connectivity index (χ0n) is 30.1. The molecule has 4 rings (SSSR count). The third-order valence-corrected chi connectivity index (χ3v) is 10.1. The quantitative estimate of drug-likeness (QED) is 0.0562. The Kier molecular flexibility index (Phi) is 17.6. The van der Waals surface area contributed by atoms with Crippen LogP contribution < -0.4 is 16.0 Å². The van der Waals surface area contributed by atoms with Gasteiger partial charge in [-0.05, 0) is 36.3 Å². The third kappa shape index (κ3) is 14.0. The lowest BCUT2D eigenvalue weighted by molar-refractivity contribution is -0.176. The molecule has 282 valence electrons. The summed E-state index contributed by atoms with van der Waals surface area (Å²) in [5, 5.41) is 35.5. The lowest BCUT2D eigenvalue weighted by atomic mass is 9.93. The van der Waals surface area contributed by atoms with Crippen molar-refractivity contribution < 1.29 is 34.7 Å². The lowest BCUT2D eigenvalue weighted by Crippen LogP contribution is -2.55. The van der Waals surface area contributed by atoms with E-state index < -0.39 is 30.3 Å². The monoisotopic (exact) mass is 754 g/mol. The van der Waals surface area contributed by atoms with Crippen LogP contribution in [0.4, 0.5) is 9.59 Å². The van der Waals surface area contributed by atoms with E-state index in [9.17, 15) is 19.5 Å². The number of rotatable bonds is 17. The van der Waals surface area contributed by atoms with Crippen LogP contribution in [-0.2, 0) is 35.5 Å². The summed E-state index contributed by atoms with van der Waals surface area (Å²) in [6, 6.07) is 16.8. The number of urea groups is 1. The number of nitrogens with one attached hydrogen (secondary N) is 3. The summed E-state index contributed by atoms with van der Waals surface area (Å²) >= 11 is 2.95. The van der Waals surface area contributed by atoms with Gasteiger partial charge >= 0.3 is 12.1 Å². The summed E-state index contributed by atoms with van der Waals surface area (Å²) in [4.78, 5) is 51.0. The summed E-state index contributed by atoms with van der Waals surface area (Å²) in [6.07, 6.45) is 0.836. The van der Waals surface area contributed by atoms with Crippen LogP contribution in [0.5, 0.6) is 0 Å². The molecule has 2 aromatic heterocycles. The molecule has 0 spiro atoms. The molecule has 4 atom stereocenters. The Balaban J connectivity index is 0.00000358. The maximum Gasteiger partial charge on any atom is 0.407 e. The number of aromatic nitrogens is 2. The van der Waals surface area contributed by atoms with E-state index in [-0.39, 0.29) is 30.9 Å². The van der Waals surface area contributed by atoms with E-state index in [2.05, 4.69) is 39.8 Å². The van der Waals surface area contributed by atoms with Gasteiger partial charge in [0, 0.05) is 30.6 Å². The molecule has 0 saturated carbocycles. The maximum absolute atomic E-state index is 13.9. The van der Waals surface area contributed by atoms with Gasteiger partial charge in [-0.1, -0.05) is 88.4 Å². The van der Waals surface area contributed by atoms with Gasteiger partial charge in [0.25, 0.3) is 0 Å². The van der Waals surface area contributed by atoms with Crippen molar-refractivity contribution in [1.29, 1.82) is 0 Å². The molecule has 0 radical (unpaired) electrons. The second kappa shape index (κ2) is 21.8. The predicted octanol–water partition coefficient (Wildman–Crippen LogP) is 5.92. The van der Waals surface area contributed by atoms with E-state index in [0.717, 1.165) is 26.7 Å². The summed E-state index contributed by atoms with van der Waals surface area (Å²) < 4.78 is 5.42. The molecule has 6 N–H and O–H groups in total. The van der Waals surface area contributed by atoms with Crippen LogP contribution in [0.3, 0.4) is 0 Å². The van der Waals surface area contributed by atoms with Crippen molar-refractivity contribution in [2.45, 2.75) is 90.3 Å². The van der Waals surface area contributed by atoms with Crippen molar-refractivity contribution in [2.75, 3.05) is 7.05 Å². The SMILES string of the molecule is CC(C)c1nc(CN(C)C(=O)N[C@H](C(=O)N[C@@H](Cc2ccccc2)C[C@H](O)[C@H](Cc2ccccc2)NC(=O)OCc2cncs2)C(C)C)cs1.OO. The third-order valence-electron chi connectivity index (χ3n) is 8.13. The molecule has 52 heavy (non-hydrogen) atoms. The number of carbonyl (C=O) groups excluding carboxylic acids is 3. The van der Waals surface area contributed by atoms with Crippen LogP contribution in [0.2, 0.25) is 0 Å². The number of thiazole rings is 2. The van der Waals surface area contributed by atoms with Crippen LogP contribution in [0, 0.1) is 5.92 Å². The highest BCUT2D eigenvalue weighted by Crippen LogP contribution is 2.20. The van der Waals surface area contributed by atoms with Gasteiger partial charge in [0.1, 0.15) is 12.6 Å². The molecule has 2 aromatic carbocycles. The van der Waals surface area contributed by atoms with Crippen molar-refractivity contribution in [3.63, 3.8) is 0 Å². The molecule has 0 bridgehead atoms. The molecule has 4 aromatic rings. The first-order valence-corrected chi connectivity index (χ1v) is 18.8. The highest BCUT2D eigenvalue weighted by Gasteiger charge is 2.31. The number of carbonyl (C=O) groups is 3. The maximum atomic E-state index is 13.9. The topological polar surface area (TPSA) is 186 Å². The first-order chi connectivity index (χ1) is 25.0. The Morgan fingerprint density at radius 2 is 1.52 bits per heavy atom. The number of hydrogen-bond donors (Lipinski definition) is 6. The van der Waals surface area contributed by atoms with Gasteiger partial charge < -0.3 is 30.7 Å². The Bertz CT molecular complexity index is 1620. The van der Waals surface area contributed by atoms with Crippen molar-refractivity contribution >= 4 is 40.7 Å². The smallest absolute Gasteiger partial charge is 0.407 e. The predicted molar refractivity (Wildman–Crippen MR) is 202 cm³/mol. The number of aliphatic hydroxyl groups excluding tert-OH is 1. The van der Waals surface area contributed by atoms with Crippen LogP contribution in [0.25, 0.3) is 0 Å². The lowest BCUT2D eigenvalue weighted by Gasteiger charge is -2.30. The zero-order valence-corrected chi connectivity index (χ0v) is 31.8. The molecule has 13 nitrogen and oxygen atoms in total. The molecule has 2 heterocycles. The van der Waals surface area contributed by atoms with Crippen molar-refractivity contribution in [3.8, 4) is 0 Å². The highest BCUT2D eigenvalue weighted by molar-refractivity contribution is 7.09. The number of aliphatic hydroxyl groups is 1. The second-order valence-electron chi connectivity index (χ2n) is 13.0. The molecule has 0 aliphatic rings. The van der Waals surface area contributed by atoms with Crippen LogP contribution in [0.15, 0.2) is 77.8 Å². The number of nitrogens with zero attached hydrogens (tertiary/aromatic N) is 3. The minimum absolute atomic E-state index is 0.0671. The molecule has 0 aliphatic carbocycles. The first-order valence-electron chi connectivity index (χ1n) is 17.0. The van der Waals surface area contributed by atoms with E-state index in [1.807, 2.05) is 79.9 Å². The average molecular weight is 755 g/mol. The van der Waals surface area contributed by atoms with E-state index in [4.69, 9.17) is 15.3 Å². The first kappa shape index (κ1) is 42.0. The van der Waals surface area contributed by atoms with Gasteiger partial charge in [0.15, 0.2) is 0 Å². The number of benzene rings is 2. The molecule has 0 unspecified atom stereocenters. The van der Waals surface area contributed by atoms with Crippen LogP contribution in [0.1, 0.15) is 66.7 Å². The van der Waals surface area contributed by atoms with E-state index in [1.165, 1.54) is 16.2 Å². The Labute approximate surface area is 313 Å². The molecule has 4 amide bonds. The number of ether oxygens (including phenoxy) is 1. The summed E-state index contributed by atoms with van der Waals surface area (Å²) in [5.41, 5.74) is 4.35. The minimum Gasteiger partial charge on any atom is -0.444 e. The molecule has 0 fully saturated rings. The van der Waals surface area contributed by atoms with Crippen molar-refractivity contribution in [1.82, 2.24) is 30.8 Å². The number of alkyl carbamates (subject to hydrolysis) is 1. The fourth-order valence-electron chi connectivity index (χ4n) is 5.39. The van der Waals surface area contributed by atoms with Gasteiger partial charge in [-0.2, -0.15) is 0 Å². The Morgan fingerprint density at radius 3 is 2.08 bits per heavy atom. The van der Waals surface area contributed by atoms with Gasteiger partial charge in [-0.3, -0.25) is 20.3 Å². The van der Waals surface area contributed by atoms with E-state index in [1.54, 1.807) is 30.1 Å². The van der Waals surface area contributed by atoms with Crippen LogP contribution >= 0.6 is 22.7 Å².